The second-order valence-corrected chi connectivity index (χ2v) is 5.80. The Bertz CT molecular complexity index is 458. The molecular formula is C15H23N3OS. The molecule has 1 aliphatic heterocycles. The molecular weight excluding hydrogens is 270 g/mol. The quantitative estimate of drug-likeness (QED) is 0.809. The summed E-state index contributed by atoms with van der Waals surface area (Å²) in [5.41, 5.74) is 7.09. The highest BCUT2D eigenvalue weighted by Gasteiger charge is 2.24. The first-order chi connectivity index (χ1) is 9.58. The Labute approximate surface area is 126 Å². The number of nitrogens with two attached hydrogens (primary N) is 1. The first-order valence-electron chi connectivity index (χ1n) is 7.08. The molecule has 1 saturated heterocycles. The van der Waals surface area contributed by atoms with Crippen LogP contribution in [0, 0.1) is 0 Å². The van der Waals surface area contributed by atoms with Crippen molar-refractivity contribution in [3.63, 3.8) is 0 Å². The second-order valence-electron chi connectivity index (χ2n) is 5.33. The predicted octanol–water partition coefficient (Wildman–Crippen LogP) is 1.71. The zero-order chi connectivity index (χ0) is 14.5. The third kappa shape index (κ3) is 3.91. The van der Waals surface area contributed by atoms with Crippen LogP contribution in [0.25, 0.3) is 0 Å². The standard InChI is InChI=1S/C15H23N3OS/c1-11(2)19-13-5-3-4-12(10-13)14(15(16)20)18-8-6-17-7-9-18/h3-5,10-11,14,17H,6-9H2,1-2H3,(H2,16,20). The number of ether oxygens (including phenoxy) is 1. The highest BCUT2D eigenvalue weighted by atomic mass is 32.1. The maximum absolute atomic E-state index is 5.98. The Balaban J connectivity index is 2.22. The Kier molecular flexibility index (Phi) is 5.34. The van der Waals surface area contributed by atoms with Gasteiger partial charge in [-0.2, -0.15) is 0 Å². The molecule has 2 rings (SSSR count). The summed E-state index contributed by atoms with van der Waals surface area (Å²) in [5, 5.41) is 3.35. The fourth-order valence-corrected chi connectivity index (χ4v) is 2.81. The van der Waals surface area contributed by atoms with Crippen LogP contribution in [-0.2, 0) is 0 Å². The van der Waals surface area contributed by atoms with E-state index in [-0.39, 0.29) is 12.1 Å². The Morgan fingerprint density at radius 1 is 1.35 bits per heavy atom. The third-order valence-corrected chi connectivity index (χ3v) is 3.56. The summed E-state index contributed by atoms with van der Waals surface area (Å²) < 4.78 is 5.76. The lowest BCUT2D eigenvalue weighted by molar-refractivity contribution is 0.213. The van der Waals surface area contributed by atoms with E-state index < -0.39 is 0 Å². The molecule has 1 aliphatic rings. The number of benzene rings is 1. The van der Waals surface area contributed by atoms with Crippen molar-refractivity contribution in [3.05, 3.63) is 29.8 Å². The van der Waals surface area contributed by atoms with Crippen molar-refractivity contribution in [2.45, 2.75) is 26.0 Å². The van der Waals surface area contributed by atoms with E-state index in [1.54, 1.807) is 0 Å². The number of rotatable bonds is 5. The first kappa shape index (κ1) is 15.2. The van der Waals surface area contributed by atoms with Gasteiger partial charge in [-0.25, -0.2) is 0 Å². The molecule has 3 N–H and O–H groups in total. The van der Waals surface area contributed by atoms with Crippen LogP contribution in [0.4, 0.5) is 0 Å². The summed E-state index contributed by atoms with van der Waals surface area (Å²) in [6, 6.07) is 8.08. The minimum atomic E-state index is -0.0113. The van der Waals surface area contributed by atoms with Gasteiger partial charge in [0, 0.05) is 26.2 Å². The Morgan fingerprint density at radius 3 is 2.65 bits per heavy atom. The van der Waals surface area contributed by atoms with Crippen molar-refractivity contribution in [3.8, 4) is 5.75 Å². The van der Waals surface area contributed by atoms with E-state index in [0.717, 1.165) is 37.5 Å². The predicted molar refractivity (Wildman–Crippen MR) is 86.2 cm³/mol. The molecule has 1 heterocycles. The molecule has 1 aromatic rings. The van der Waals surface area contributed by atoms with Crippen molar-refractivity contribution >= 4 is 17.2 Å². The highest BCUT2D eigenvalue weighted by Crippen LogP contribution is 2.25. The van der Waals surface area contributed by atoms with E-state index in [2.05, 4.69) is 16.3 Å². The van der Waals surface area contributed by atoms with E-state index in [1.807, 2.05) is 32.0 Å². The van der Waals surface area contributed by atoms with Crippen LogP contribution in [0.5, 0.6) is 5.75 Å². The normalized spacial score (nSPS) is 17.9. The van der Waals surface area contributed by atoms with Gasteiger partial charge >= 0.3 is 0 Å². The number of nitrogens with one attached hydrogen (secondary N) is 1. The van der Waals surface area contributed by atoms with Crippen LogP contribution < -0.4 is 15.8 Å². The zero-order valence-electron chi connectivity index (χ0n) is 12.1. The minimum Gasteiger partial charge on any atom is -0.491 e. The average molecular weight is 293 g/mol. The van der Waals surface area contributed by atoms with Crippen LogP contribution in [-0.4, -0.2) is 42.2 Å². The topological polar surface area (TPSA) is 50.5 Å². The molecule has 1 aromatic carbocycles. The summed E-state index contributed by atoms with van der Waals surface area (Å²) >= 11 is 5.29. The van der Waals surface area contributed by atoms with Crippen LogP contribution in [0.3, 0.4) is 0 Å². The van der Waals surface area contributed by atoms with Gasteiger partial charge in [0.25, 0.3) is 0 Å². The molecule has 5 heteroatoms. The smallest absolute Gasteiger partial charge is 0.120 e. The summed E-state index contributed by atoms with van der Waals surface area (Å²) in [5.74, 6) is 0.869. The average Bonchev–Trinajstić information content (AvgIpc) is 2.39. The second kappa shape index (κ2) is 7.02. The lowest BCUT2D eigenvalue weighted by atomic mass is 10.0. The lowest BCUT2D eigenvalue weighted by Crippen LogP contribution is -2.48. The Hall–Kier alpha value is -1.17. The van der Waals surface area contributed by atoms with Crippen molar-refractivity contribution in [1.82, 2.24) is 10.2 Å². The number of piperazine rings is 1. The van der Waals surface area contributed by atoms with Gasteiger partial charge in [0.15, 0.2) is 0 Å². The molecule has 0 spiro atoms. The Morgan fingerprint density at radius 2 is 2.05 bits per heavy atom. The van der Waals surface area contributed by atoms with Crippen molar-refractivity contribution in [2.24, 2.45) is 5.73 Å². The highest BCUT2D eigenvalue weighted by molar-refractivity contribution is 7.80. The van der Waals surface area contributed by atoms with Gasteiger partial charge in [-0.1, -0.05) is 24.4 Å². The summed E-state index contributed by atoms with van der Waals surface area (Å²) in [7, 11) is 0. The molecule has 20 heavy (non-hydrogen) atoms. The first-order valence-corrected chi connectivity index (χ1v) is 7.49. The van der Waals surface area contributed by atoms with Crippen LogP contribution in [0.2, 0.25) is 0 Å². The summed E-state index contributed by atoms with van der Waals surface area (Å²) in [6.45, 7) is 7.90. The maximum Gasteiger partial charge on any atom is 0.120 e. The van der Waals surface area contributed by atoms with Crippen LogP contribution >= 0.6 is 12.2 Å². The molecule has 4 nitrogen and oxygen atoms in total. The van der Waals surface area contributed by atoms with Gasteiger partial charge in [0.1, 0.15) is 5.75 Å². The molecule has 0 amide bonds. The molecule has 0 aromatic heterocycles. The van der Waals surface area contributed by atoms with Crippen LogP contribution in [0.15, 0.2) is 24.3 Å². The maximum atomic E-state index is 5.98. The molecule has 0 radical (unpaired) electrons. The minimum absolute atomic E-state index is 0.0113. The largest absolute Gasteiger partial charge is 0.491 e. The van der Waals surface area contributed by atoms with E-state index in [1.165, 1.54) is 0 Å². The molecule has 0 saturated carbocycles. The van der Waals surface area contributed by atoms with E-state index in [0.29, 0.717) is 4.99 Å². The van der Waals surface area contributed by atoms with E-state index >= 15 is 0 Å². The van der Waals surface area contributed by atoms with Gasteiger partial charge < -0.3 is 15.8 Å². The molecule has 0 aliphatic carbocycles. The molecule has 1 fully saturated rings. The van der Waals surface area contributed by atoms with Gasteiger partial charge in [0.2, 0.25) is 0 Å². The number of thiocarbonyl (C=S) groups is 1. The van der Waals surface area contributed by atoms with Gasteiger partial charge in [-0.05, 0) is 31.5 Å². The monoisotopic (exact) mass is 293 g/mol. The zero-order valence-corrected chi connectivity index (χ0v) is 13.0. The van der Waals surface area contributed by atoms with Crippen molar-refractivity contribution in [1.29, 1.82) is 0 Å². The molecule has 0 bridgehead atoms. The van der Waals surface area contributed by atoms with Crippen molar-refractivity contribution < 1.29 is 4.74 Å². The fourth-order valence-electron chi connectivity index (χ4n) is 2.53. The molecule has 1 atom stereocenters. The van der Waals surface area contributed by atoms with Crippen molar-refractivity contribution in [2.75, 3.05) is 26.2 Å². The van der Waals surface area contributed by atoms with Gasteiger partial charge in [0.05, 0.1) is 17.1 Å². The summed E-state index contributed by atoms with van der Waals surface area (Å²) in [6.07, 6.45) is 0.160. The number of nitrogens with zero attached hydrogens (tertiary/aromatic N) is 1. The third-order valence-electron chi connectivity index (χ3n) is 3.33. The molecule has 110 valence electrons. The number of hydrogen-bond donors (Lipinski definition) is 2. The van der Waals surface area contributed by atoms with Gasteiger partial charge in [-0.15, -0.1) is 0 Å². The number of hydrogen-bond acceptors (Lipinski definition) is 4. The fraction of sp³-hybridized carbons (Fsp3) is 0.533. The van der Waals surface area contributed by atoms with Gasteiger partial charge in [-0.3, -0.25) is 4.90 Å². The van der Waals surface area contributed by atoms with E-state index in [9.17, 15) is 0 Å². The summed E-state index contributed by atoms with van der Waals surface area (Å²) in [4.78, 5) is 2.85. The van der Waals surface area contributed by atoms with E-state index in [4.69, 9.17) is 22.7 Å². The SMILES string of the molecule is CC(C)Oc1cccc(C(C(N)=S)N2CCNCC2)c1. The molecule has 1 unspecified atom stereocenters. The van der Waals surface area contributed by atoms with Crippen LogP contribution in [0.1, 0.15) is 25.5 Å². The lowest BCUT2D eigenvalue weighted by Gasteiger charge is -2.34.